The van der Waals surface area contributed by atoms with Gasteiger partial charge in [-0.3, -0.25) is 14.6 Å². The molecule has 0 saturated carbocycles. The second-order valence-corrected chi connectivity index (χ2v) is 3.40. The molecule has 0 aliphatic rings. The van der Waals surface area contributed by atoms with E-state index in [9.17, 15) is 4.79 Å². The summed E-state index contributed by atoms with van der Waals surface area (Å²) in [5.74, 6) is 0. The van der Waals surface area contributed by atoms with Gasteiger partial charge in [-0.25, -0.2) is 0 Å². The van der Waals surface area contributed by atoms with Crippen LogP contribution >= 0.6 is 15.9 Å². The van der Waals surface area contributed by atoms with Crippen LogP contribution in [0.25, 0.3) is 0 Å². The molecule has 1 heterocycles. The van der Waals surface area contributed by atoms with Crippen molar-refractivity contribution in [2.75, 3.05) is 14.2 Å². The Labute approximate surface area is 103 Å². The molecular weight excluding hydrogens is 278 g/mol. The molecule has 0 radical (unpaired) electrons. The number of carbonyl (C=O) groups is 2. The molecule has 0 aliphatic heterocycles. The molecule has 16 heavy (non-hydrogen) atoms. The van der Waals surface area contributed by atoms with Gasteiger partial charge >= 0.3 is 0 Å². The van der Waals surface area contributed by atoms with Gasteiger partial charge in [-0.05, 0) is 19.1 Å². The number of methoxy groups -OCH3 is 1. The van der Waals surface area contributed by atoms with E-state index >= 15 is 0 Å². The number of nitrogens with zero attached hydrogens (tertiary/aromatic N) is 1. The van der Waals surface area contributed by atoms with Crippen molar-refractivity contribution in [2.24, 2.45) is 0 Å². The zero-order valence-electron chi connectivity index (χ0n) is 9.31. The number of rotatable bonds is 1. The van der Waals surface area contributed by atoms with E-state index in [4.69, 9.17) is 9.90 Å². The van der Waals surface area contributed by atoms with Crippen LogP contribution in [-0.2, 0) is 9.53 Å². The number of aldehydes is 1. The summed E-state index contributed by atoms with van der Waals surface area (Å²) in [6, 6.07) is 3.53. The van der Waals surface area contributed by atoms with Gasteiger partial charge in [-0.1, -0.05) is 15.9 Å². The molecule has 1 aromatic heterocycles. The van der Waals surface area contributed by atoms with Gasteiger partial charge in [0.2, 0.25) is 0 Å². The lowest BCUT2D eigenvalue weighted by Gasteiger charge is -1.94. The maximum atomic E-state index is 10.2. The molecule has 0 spiro atoms. The molecule has 0 unspecified atom stereocenters. The van der Waals surface area contributed by atoms with Gasteiger partial charge in [0.15, 0.2) is 6.29 Å². The Morgan fingerprint density at radius 2 is 1.81 bits per heavy atom. The van der Waals surface area contributed by atoms with Crippen molar-refractivity contribution in [3.8, 4) is 0 Å². The van der Waals surface area contributed by atoms with Crippen LogP contribution in [0, 0.1) is 6.92 Å². The van der Waals surface area contributed by atoms with Gasteiger partial charge in [0, 0.05) is 24.4 Å². The van der Waals surface area contributed by atoms with Crippen molar-refractivity contribution in [1.82, 2.24) is 4.98 Å². The van der Waals surface area contributed by atoms with E-state index in [2.05, 4.69) is 25.7 Å². The van der Waals surface area contributed by atoms with Crippen molar-refractivity contribution in [1.29, 1.82) is 0 Å². The first kappa shape index (κ1) is 17.1. The maximum absolute atomic E-state index is 10.2. The summed E-state index contributed by atoms with van der Waals surface area (Å²) < 4.78 is 5.14. The highest BCUT2D eigenvalue weighted by atomic mass is 79.9. The number of ether oxygens (including phenoxy) is 1. The topological polar surface area (TPSA) is 76.5 Å². The third kappa shape index (κ3) is 10.8. The summed E-state index contributed by atoms with van der Waals surface area (Å²) in [5.41, 5.74) is 1.31. The lowest BCUT2D eigenvalue weighted by molar-refractivity contribution is -0.122. The molecule has 90 valence electrons. The van der Waals surface area contributed by atoms with Gasteiger partial charge in [0.25, 0.3) is 6.47 Å². The first-order chi connectivity index (χ1) is 7.55. The fourth-order valence-electron chi connectivity index (χ4n) is 0.711. The summed E-state index contributed by atoms with van der Waals surface area (Å²) in [5, 5.41) is 6.89. The summed E-state index contributed by atoms with van der Waals surface area (Å²) in [6.45, 7) is 1.60. The summed E-state index contributed by atoms with van der Waals surface area (Å²) in [4.78, 5) is 22.5. The van der Waals surface area contributed by atoms with Crippen LogP contribution in [0.4, 0.5) is 0 Å². The lowest BCUT2D eigenvalue weighted by atomic mass is 10.3. The van der Waals surface area contributed by atoms with Gasteiger partial charge in [0.05, 0.1) is 0 Å². The van der Waals surface area contributed by atoms with E-state index in [1.54, 1.807) is 20.3 Å². The Hall–Kier alpha value is -1.27. The van der Waals surface area contributed by atoms with Crippen molar-refractivity contribution in [3.63, 3.8) is 0 Å². The number of carboxylic acid groups (broad SMARTS) is 1. The summed E-state index contributed by atoms with van der Waals surface area (Å²) >= 11 is 3.25. The van der Waals surface area contributed by atoms with Crippen LogP contribution in [0.3, 0.4) is 0 Å². The van der Waals surface area contributed by atoms with Crippen molar-refractivity contribution in [3.05, 3.63) is 28.0 Å². The molecule has 1 rings (SSSR count). The molecule has 5 nitrogen and oxygen atoms in total. The smallest absolute Gasteiger partial charge is 0.290 e. The van der Waals surface area contributed by atoms with E-state index in [1.165, 1.54) is 0 Å². The summed E-state index contributed by atoms with van der Waals surface area (Å²) in [6.07, 6.45) is 0.734. The Bertz CT molecular complexity index is 297. The standard InChI is InChI=1S/C7H6BrNO.C2H6O.CH2O2/c1-5-2-6(8)3-7(4-10)9-5;1-3-2;2-1-3/h2-4H,1H3;1-2H3;1H,(H,2,3). The van der Waals surface area contributed by atoms with Crippen molar-refractivity contribution in [2.45, 2.75) is 6.92 Å². The molecule has 0 aliphatic carbocycles. The molecule has 0 fully saturated rings. The minimum atomic E-state index is -0.250. The quantitative estimate of drug-likeness (QED) is 0.800. The third-order valence-electron chi connectivity index (χ3n) is 1.06. The number of carbonyl (C=O) groups excluding carboxylic acids is 1. The Morgan fingerprint density at radius 1 is 1.38 bits per heavy atom. The monoisotopic (exact) mass is 291 g/mol. The maximum Gasteiger partial charge on any atom is 0.290 e. The number of halogens is 1. The highest BCUT2D eigenvalue weighted by Gasteiger charge is 1.94. The number of aryl methyl sites for hydroxylation is 1. The van der Waals surface area contributed by atoms with Crippen LogP contribution in [-0.4, -0.2) is 37.1 Å². The minimum absolute atomic E-state index is 0.250. The van der Waals surface area contributed by atoms with Crippen molar-refractivity contribution >= 4 is 28.7 Å². The second-order valence-electron chi connectivity index (χ2n) is 2.48. The Balaban J connectivity index is 0. The molecule has 0 amide bonds. The van der Waals surface area contributed by atoms with Gasteiger partial charge in [-0.15, -0.1) is 0 Å². The minimum Gasteiger partial charge on any atom is -0.483 e. The fraction of sp³-hybridized carbons (Fsp3) is 0.300. The van der Waals surface area contributed by atoms with E-state index in [0.717, 1.165) is 16.5 Å². The highest BCUT2D eigenvalue weighted by molar-refractivity contribution is 9.10. The van der Waals surface area contributed by atoms with Crippen LogP contribution in [0.1, 0.15) is 16.2 Å². The number of hydrogen-bond donors (Lipinski definition) is 1. The fourth-order valence-corrected chi connectivity index (χ4v) is 1.28. The van der Waals surface area contributed by atoms with Crippen LogP contribution in [0.5, 0.6) is 0 Å². The SMILES string of the molecule is COC.Cc1cc(Br)cc(C=O)n1.O=CO. The first-order valence-corrected chi connectivity index (χ1v) is 4.92. The number of hydrogen-bond acceptors (Lipinski definition) is 4. The van der Waals surface area contributed by atoms with Gasteiger partial charge < -0.3 is 9.84 Å². The number of aromatic nitrogens is 1. The summed E-state index contributed by atoms with van der Waals surface area (Å²) in [7, 11) is 3.25. The lowest BCUT2D eigenvalue weighted by Crippen LogP contribution is -1.88. The second kappa shape index (κ2) is 11.8. The van der Waals surface area contributed by atoms with Crippen molar-refractivity contribution < 1.29 is 19.4 Å². The predicted molar refractivity (Wildman–Crippen MR) is 63.7 cm³/mol. The molecule has 0 bridgehead atoms. The predicted octanol–water partition coefficient (Wildman–Crippen LogP) is 1.93. The Kier molecular flexibility index (Phi) is 12.6. The molecule has 1 aromatic rings. The molecule has 0 aromatic carbocycles. The molecular formula is C10H14BrNO4. The largest absolute Gasteiger partial charge is 0.483 e. The first-order valence-electron chi connectivity index (χ1n) is 4.13. The molecule has 0 saturated heterocycles. The normalized spacial score (nSPS) is 7.75. The van der Waals surface area contributed by atoms with Crippen LogP contribution < -0.4 is 0 Å². The number of pyridine rings is 1. The zero-order valence-corrected chi connectivity index (χ0v) is 10.9. The third-order valence-corrected chi connectivity index (χ3v) is 1.52. The molecule has 1 N–H and O–H groups in total. The van der Waals surface area contributed by atoms with Gasteiger partial charge in [0.1, 0.15) is 5.69 Å². The average Bonchev–Trinajstić information content (AvgIpc) is 2.18. The zero-order chi connectivity index (χ0) is 13.0. The highest BCUT2D eigenvalue weighted by Crippen LogP contribution is 2.10. The van der Waals surface area contributed by atoms with Crippen LogP contribution in [0.15, 0.2) is 16.6 Å². The van der Waals surface area contributed by atoms with Gasteiger partial charge in [-0.2, -0.15) is 0 Å². The van der Waals surface area contributed by atoms with E-state index in [-0.39, 0.29) is 6.47 Å². The van der Waals surface area contributed by atoms with E-state index < -0.39 is 0 Å². The average molecular weight is 292 g/mol. The van der Waals surface area contributed by atoms with Crippen LogP contribution in [0.2, 0.25) is 0 Å². The van der Waals surface area contributed by atoms with E-state index in [1.807, 2.05) is 13.0 Å². The van der Waals surface area contributed by atoms with E-state index in [0.29, 0.717) is 5.69 Å². The Morgan fingerprint density at radius 3 is 2.12 bits per heavy atom. The molecule has 0 atom stereocenters. The molecule has 6 heteroatoms.